The van der Waals surface area contributed by atoms with Crippen LogP contribution >= 0.6 is 0 Å². The SMILES string of the molecule is Cc1nn(Cc2ccccc2)c(C)c1CNC(=O)C1CC1c1cnn(C)c1. The second kappa shape index (κ2) is 7.02. The molecule has 1 aliphatic carbocycles. The molecule has 6 heteroatoms. The van der Waals surface area contributed by atoms with Crippen LogP contribution in [0.4, 0.5) is 0 Å². The molecule has 2 atom stereocenters. The highest BCUT2D eigenvalue weighted by molar-refractivity contribution is 5.82. The molecule has 1 aliphatic rings. The van der Waals surface area contributed by atoms with Crippen LogP contribution in [0.3, 0.4) is 0 Å². The molecule has 2 unspecified atom stereocenters. The van der Waals surface area contributed by atoms with Crippen molar-refractivity contribution < 1.29 is 4.79 Å². The molecule has 27 heavy (non-hydrogen) atoms. The molecule has 1 fully saturated rings. The van der Waals surface area contributed by atoms with Crippen molar-refractivity contribution >= 4 is 5.91 Å². The lowest BCUT2D eigenvalue weighted by molar-refractivity contribution is -0.122. The number of carbonyl (C=O) groups excluding carboxylic acids is 1. The van der Waals surface area contributed by atoms with Gasteiger partial charge in [-0.15, -0.1) is 0 Å². The molecule has 1 N–H and O–H groups in total. The van der Waals surface area contributed by atoms with Crippen molar-refractivity contribution in [3.63, 3.8) is 0 Å². The first kappa shape index (κ1) is 17.5. The standard InChI is InChI=1S/C21H25N5O/c1-14-20(15(2)26(24-14)12-16-7-5-4-6-8-16)11-22-21(27)19-9-18(19)17-10-23-25(3)13-17/h4-8,10,13,18-19H,9,11-12H2,1-3H3,(H,22,27). The summed E-state index contributed by atoms with van der Waals surface area (Å²) in [6.07, 6.45) is 4.77. The third kappa shape index (κ3) is 3.65. The average molecular weight is 363 g/mol. The Morgan fingerprint density at radius 3 is 2.74 bits per heavy atom. The molecule has 140 valence electrons. The quantitative estimate of drug-likeness (QED) is 0.732. The van der Waals surface area contributed by atoms with E-state index in [4.69, 9.17) is 0 Å². The average Bonchev–Trinajstić information content (AvgIpc) is 3.28. The first-order valence-electron chi connectivity index (χ1n) is 9.36. The highest BCUT2D eigenvalue weighted by Crippen LogP contribution is 2.47. The van der Waals surface area contributed by atoms with Gasteiger partial charge in [0.05, 0.1) is 18.4 Å². The molecule has 0 aliphatic heterocycles. The second-order valence-corrected chi connectivity index (χ2v) is 7.41. The van der Waals surface area contributed by atoms with Gasteiger partial charge in [-0.3, -0.25) is 14.2 Å². The minimum Gasteiger partial charge on any atom is -0.352 e. The second-order valence-electron chi connectivity index (χ2n) is 7.41. The van der Waals surface area contributed by atoms with E-state index < -0.39 is 0 Å². The van der Waals surface area contributed by atoms with E-state index in [-0.39, 0.29) is 11.8 Å². The summed E-state index contributed by atoms with van der Waals surface area (Å²) in [6.45, 7) is 5.35. The van der Waals surface area contributed by atoms with Crippen LogP contribution in [-0.4, -0.2) is 25.5 Å². The van der Waals surface area contributed by atoms with Crippen LogP contribution in [0.2, 0.25) is 0 Å². The molecular weight excluding hydrogens is 338 g/mol. The Morgan fingerprint density at radius 2 is 2.04 bits per heavy atom. The predicted molar refractivity (Wildman–Crippen MR) is 103 cm³/mol. The number of nitrogens with zero attached hydrogens (tertiary/aromatic N) is 4. The van der Waals surface area contributed by atoms with E-state index in [1.165, 1.54) is 5.56 Å². The van der Waals surface area contributed by atoms with Gasteiger partial charge in [0.2, 0.25) is 5.91 Å². The molecule has 0 bridgehead atoms. The lowest BCUT2D eigenvalue weighted by atomic mass is 10.1. The Morgan fingerprint density at radius 1 is 1.26 bits per heavy atom. The Kier molecular flexibility index (Phi) is 4.56. The third-order valence-corrected chi connectivity index (χ3v) is 5.43. The normalized spacial score (nSPS) is 18.5. The number of nitrogens with one attached hydrogen (secondary N) is 1. The molecule has 1 saturated carbocycles. The van der Waals surface area contributed by atoms with Crippen molar-refractivity contribution in [2.24, 2.45) is 13.0 Å². The summed E-state index contributed by atoms with van der Waals surface area (Å²) >= 11 is 0. The van der Waals surface area contributed by atoms with Gasteiger partial charge in [-0.25, -0.2) is 0 Å². The number of amides is 1. The fraction of sp³-hybridized carbons (Fsp3) is 0.381. The van der Waals surface area contributed by atoms with Crippen molar-refractivity contribution in [2.75, 3.05) is 0 Å². The zero-order chi connectivity index (χ0) is 19.0. The maximum Gasteiger partial charge on any atom is 0.224 e. The van der Waals surface area contributed by atoms with Gasteiger partial charge in [-0.2, -0.15) is 10.2 Å². The van der Waals surface area contributed by atoms with E-state index in [1.54, 1.807) is 4.68 Å². The number of benzene rings is 1. The maximum atomic E-state index is 12.5. The smallest absolute Gasteiger partial charge is 0.224 e. The largest absolute Gasteiger partial charge is 0.352 e. The summed E-state index contributed by atoms with van der Waals surface area (Å²) in [5.74, 6) is 0.495. The number of aromatic nitrogens is 4. The van der Waals surface area contributed by atoms with Crippen molar-refractivity contribution in [1.29, 1.82) is 0 Å². The number of aryl methyl sites for hydroxylation is 2. The molecule has 2 heterocycles. The summed E-state index contributed by atoms with van der Waals surface area (Å²) in [5, 5.41) is 12.0. The van der Waals surface area contributed by atoms with Crippen LogP contribution in [0.15, 0.2) is 42.7 Å². The van der Waals surface area contributed by atoms with E-state index in [1.807, 2.05) is 49.2 Å². The Bertz CT molecular complexity index is 956. The van der Waals surface area contributed by atoms with Gasteiger partial charge in [-0.1, -0.05) is 30.3 Å². The Balaban J connectivity index is 1.38. The highest BCUT2D eigenvalue weighted by Gasteiger charge is 2.44. The van der Waals surface area contributed by atoms with Crippen LogP contribution in [0.5, 0.6) is 0 Å². The lowest BCUT2D eigenvalue weighted by Crippen LogP contribution is -2.25. The lowest BCUT2D eigenvalue weighted by Gasteiger charge is -2.07. The summed E-state index contributed by atoms with van der Waals surface area (Å²) in [6, 6.07) is 10.3. The fourth-order valence-corrected chi connectivity index (χ4v) is 3.69. The van der Waals surface area contributed by atoms with E-state index in [0.717, 1.165) is 35.5 Å². The van der Waals surface area contributed by atoms with E-state index in [0.29, 0.717) is 12.5 Å². The summed E-state index contributed by atoms with van der Waals surface area (Å²) in [7, 11) is 1.90. The molecule has 1 amide bonds. The van der Waals surface area contributed by atoms with Crippen molar-refractivity contribution in [2.45, 2.75) is 39.3 Å². The Labute approximate surface area is 159 Å². The Hall–Kier alpha value is -2.89. The zero-order valence-corrected chi connectivity index (χ0v) is 16.0. The topological polar surface area (TPSA) is 64.7 Å². The first-order chi connectivity index (χ1) is 13.0. The number of rotatable bonds is 6. The van der Waals surface area contributed by atoms with Crippen molar-refractivity contribution in [3.05, 3.63) is 70.8 Å². The van der Waals surface area contributed by atoms with Gasteiger partial charge in [0, 0.05) is 37.0 Å². The van der Waals surface area contributed by atoms with Gasteiger partial charge in [0.15, 0.2) is 0 Å². The number of hydrogen-bond donors (Lipinski definition) is 1. The first-order valence-corrected chi connectivity index (χ1v) is 9.36. The minimum absolute atomic E-state index is 0.0641. The summed E-state index contributed by atoms with van der Waals surface area (Å²) < 4.78 is 3.80. The van der Waals surface area contributed by atoms with E-state index >= 15 is 0 Å². The molecule has 0 spiro atoms. The monoisotopic (exact) mass is 363 g/mol. The predicted octanol–water partition coefficient (Wildman–Crippen LogP) is 2.70. The number of hydrogen-bond acceptors (Lipinski definition) is 3. The molecule has 6 nitrogen and oxygen atoms in total. The highest BCUT2D eigenvalue weighted by atomic mass is 16.2. The zero-order valence-electron chi connectivity index (χ0n) is 16.0. The van der Waals surface area contributed by atoms with Crippen molar-refractivity contribution in [3.8, 4) is 0 Å². The molecule has 0 saturated heterocycles. The molecule has 0 radical (unpaired) electrons. The van der Waals surface area contributed by atoms with Crippen LogP contribution in [0.25, 0.3) is 0 Å². The van der Waals surface area contributed by atoms with Crippen LogP contribution < -0.4 is 5.32 Å². The maximum absolute atomic E-state index is 12.5. The van der Waals surface area contributed by atoms with E-state index in [2.05, 4.69) is 34.6 Å². The van der Waals surface area contributed by atoms with E-state index in [9.17, 15) is 4.79 Å². The fourth-order valence-electron chi connectivity index (χ4n) is 3.69. The minimum atomic E-state index is 0.0641. The molecule has 4 rings (SSSR count). The van der Waals surface area contributed by atoms with Gasteiger partial charge >= 0.3 is 0 Å². The molecular formula is C21H25N5O. The number of carbonyl (C=O) groups is 1. The van der Waals surface area contributed by atoms with Gasteiger partial charge in [0.1, 0.15) is 0 Å². The summed E-state index contributed by atoms with van der Waals surface area (Å²) in [5.41, 5.74) is 5.56. The summed E-state index contributed by atoms with van der Waals surface area (Å²) in [4.78, 5) is 12.5. The van der Waals surface area contributed by atoms with Crippen LogP contribution in [0, 0.1) is 19.8 Å². The van der Waals surface area contributed by atoms with Crippen LogP contribution in [-0.2, 0) is 24.9 Å². The van der Waals surface area contributed by atoms with Crippen LogP contribution in [0.1, 0.15) is 40.4 Å². The molecule has 2 aromatic heterocycles. The van der Waals surface area contributed by atoms with Gasteiger partial charge in [0.25, 0.3) is 0 Å². The molecule has 3 aromatic rings. The van der Waals surface area contributed by atoms with Crippen molar-refractivity contribution in [1.82, 2.24) is 24.9 Å². The molecule has 1 aromatic carbocycles. The third-order valence-electron chi connectivity index (χ3n) is 5.43. The van der Waals surface area contributed by atoms with Gasteiger partial charge in [-0.05, 0) is 37.3 Å². The van der Waals surface area contributed by atoms with Gasteiger partial charge < -0.3 is 5.32 Å².